The zero-order valence-corrected chi connectivity index (χ0v) is 23.5. The molecule has 0 spiro atoms. The zero-order valence-electron chi connectivity index (χ0n) is 23.5. The van der Waals surface area contributed by atoms with E-state index in [2.05, 4.69) is 46.3 Å². The molecule has 6 N–H and O–H groups in total. The standard InChI is InChI=1S/C29H41N7O4/c1-29(2,3)19-7-9-20(10-8-19)34-28(39)32-12-4-14-35(15-18-5-6-18)16-22-24(37)25(38)27(40-22)36-17-33-23-21(30)11-13-31-26(23)36/h7-11,13,17-18,22,24-25,27,37-38H,4-6,12,14-16H2,1-3H3,(H2,30,31)(H2,32,34,39)/t22-,24-,25-,27-/m1/s1. The van der Waals surface area contributed by atoms with Gasteiger partial charge in [-0.15, -0.1) is 0 Å². The lowest BCUT2D eigenvalue weighted by Gasteiger charge is -2.26. The monoisotopic (exact) mass is 551 g/mol. The van der Waals surface area contributed by atoms with Crippen molar-refractivity contribution >= 4 is 28.6 Å². The summed E-state index contributed by atoms with van der Waals surface area (Å²) in [6.07, 6.45) is 2.67. The third-order valence-electron chi connectivity index (χ3n) is 7.70. The number of pyridine rings is 1. The lowest BCUT2D eigenvalue weighted by Crippen LogP contribution is -2.42. The number of aliphatic hydroxyl groups excluding tert-OH is 2. The number of urea groups is 1. The fourth-order valence-electron chi connectivity index (χ4n) is 5.16. The van der Waals surface area contributed by atoms with Crippen LogP contribution < -0.4 is 16.4 Å². The van der Waals surface area contributed by atoms with Crippen LogP contribution in [-0.4, -0.2) is 80.2 Å². The van der Waals surface area contributed by atoms with Gasteiger partial charge in [0.1, 0.15) is 23.8 Å². The van der Waals surface area contributed by atoms with Gasteiger partial charge in [0.25, 0.3) is 0 Å². The molecule has 2 amide bonds. The van der Waals surface area contributed by atoms with Crippen molar-refractivity contribution in [2.75, 3.05) is 37.2 Å². The molecule has 0 unspecified atom stereocenters. The highest BCUT2D eigenvalue weighted by Crippen LogP contribution is 2.34. The molecule has 216 valence electrons. The molecule has 0 bridgehead atoms. The number of hydrogen-bond donors (Lipinski definition) is 5. The topological polar surface area (TPSA) is 151 Å². The second-order valence-corrected chi connectivity index (χ2v) is 12.0. The van der Waals surface area contributed by atoms with Crippen LogP contribution in [0.5, 0.6) is 0 Å². The van der Waals surface area contributed by atoms with E-state index in [0.29, 0.717) is 35.9 Å². The molecular formula is C29H41N7O4. The van der Waals surface area contributed by atoms with E-state index >= 15 is 0 Å². The van der Waals surface area contributed by atoms with Gasteiger partial charge in [-0.25, -0.2) is 14.8 Å². The van der Waals surface area contributed by atoms with Crippen LogP contribution in [-0.2, 0) is 10.2 Å². The third kappa shape index (κ3) is 6.55. The number of rotatable bonds is 10. The van der Waals surface area contributed by atoms with Crippen molar-refractivity contribution in [3.05, 3.63) is 48.4 Å². The normalized spacial score (nSPS) is 23.1. The van der Waals surface area contributed by atoms with Crippen molar-refractivity contribution in [2.24, 2.45) is 5.92 Å². The average molecular weight is 552 g/mol. The summed E-state index contributed by atoms with van der Waals surface area (Å²) >= 11 is 0. The van der Waals surface area contributed by atoms with Crippen molar-refractivity contribution in [3.8, 4) is 0 Å². The number of carbonyl (C=O) groups excluding carboxylic acids is 1. The molecule has 1 saturated heterocycles. The van der Waals surface area contributed by atoms with E-state index in [0.717, 1.165) is 25.2 Å². The number of carbonyl (C=O) groups is 1. The maximum Gasteiger partial charge on any atom is 0.319 e. The molecule has 11 nitrogen and oxygen atoms in total. The van der Waals surface area contributed by atoms with Crippen molar-refractivity contribution in [1.29, 1.82) is 0 Å². The summed E-state index contributed by atoms with van der Waals surface area (Å²) in [6, 6.07) is 9.34. The van der Waals surface area contributed by atoms with E-state index < -0.39 is 24.5 Å². The summed E-state index contributed by atoms with van der Waals surface area (Å²) in [5, 5.41) is 27.5. The minimum Gasteiger partial charge on any atom is -0.397 e. The van der Waals surface area contributed by atoms with Crippen LogP contribution in [0.25, 0.3) is 11.2 Å². The highest BCUT2D eigenvalue weighted by atomic mass is 16.6. The van der Waals surface area contributed by atoms with E-state index in [1.807, 2.05) is 24.3 Å². The maximum atomic E-state index is 12.4. The first-order valence-electron chi connectivity index (χ1n) is 14.1. The summed E-state index contributed by atoms with van der Waals surface area (Å²) in [6.45, 7) is 9.08. The first kappa shape index (κ1) is 28.3. The molecule has 2 aromatic heterocycles. The summed E-state index contributed by atoms with van der Waals surface area (Å²) in [7, 11) is 0. The molecule has 3 heterocycles. The highest BCUT2D eigenvalue weighted by molar-refractivity contribution is 5.89. The highest BCUT2D eigenvalue weighted by Gasteiger charge is 2.45. The number of aromatic nitrogens is 3. The number of nitrogens with two attached hydrogens (primary N) is 1. The number of amides is 2. The molecule has 2 fully saturated rings. The molecular weight excluding hydrogens is 510 g/mol. The zero-order chi connectivity index (χ0) is 28.4. The molecule has 1 aliphatic heterocycles. The number of aliphatic hydroxyl groups is 2. The Bertz CT molecular complexity index is 1300. The van der Waals surface area contributed by atoms with E-state index in [9.17, 15) is 15.0 Å². The van der Waals surface area contributed by atoms with Gasteiger partial charge in [-0.1, -0.05) is 32.9 Å². The largest absolute Gasteiger partial charge is 0.397 e. The fraction of sp³-hybridized carbons (Fsp3) is 0.552. The minimum absolute atomic E-state index is 0.0608. The molecule has 1 aromatic carbocycles. The van der Waals surface area contributed by atoms with Gasteiger partial charge >= 0.3 is 6.03 Å². The molecule has 1 saturated carbocycles. The average Bonchev–Trinajstić information content (AvgIpc) is 3.56. The predicted molar refractivity (Wildman–Crippen MR) is 154 cm³/mol. The first-order chi connectivity index (χ1) is 19.1. The van der Waals surface area contributed by atoms with Crippen LogP contribution in [0.2, 0.25) is 0 Å². The molecule has 4 atom stereocenters. The fourth-order valence-corrected chi connectivity index (χ4v) is 5.16. The second-order valence-electron chi connectivity index (χ2n) is 12.0. The van der Waals surface area contributed by atoms with Crippen molar-refractivity contribution in [1.82, 2.24) is 24.8 Å². The Morgan fingerprint density at radius 3 is 2.58 bits per heavy atom. The number of nitrogens with one attached hydrogen (secondary N) is 2. The summed E-state index contributed by atoms with van der Waals surface area (Å²) in [5.41, 5.74) is 9.56. The van der Waals surface area contributed by atoms with Gasteiger partial charge in [-0.2, -0.15) is 0 Å². The van der Waals surface area contributed by atoms with Gasteiger partial charge in [-0.05, 0) is 60.9 Å². The van der Waals surface area contributed by atoms with Crippen LogP contribution in [0, 0.1) is 5.92 Å². The van der Waals surface area contributed by atoms with Crippen molar-refractivity contribution < 1.29 is 19.7 Å². The van der Waals surface area contributed by atoms with Crippen LogP contribution >= 0.6 is 0 Å². The molecule has 5 rings (SSSR count). The number of nitrogens with zero attached hydrogens (tertiary/aromatic N) is 4. The SMILES string of the molecule is CC(C)(C)c1ccc(NC(=O)NCCCN(CC2CC2)C[C@H]2O[C@@H](n3cnc4c(N)ccnc43)[C@H](O)[C@@H]2O)cc1. The van der Waals surface area contributed by atoms with Crippen LogP contribution in [0.3, 0.4) is 0 Å². The Kier molecular flexibility index (Phi) is 8.27. The third-order valence-corrected chi connectivity index (χ3v) is 7.70. The van der Waals surface area contributed by atoms with E-state index in [-0.39, 0.29) is 11.4 Å². The smallest absolute Gasteiger partial charge is 0.319 e. The quantitative estimate of drug-likeness (QED) is 0.241. The van der Waals surface area contributed by atoms with E-state index in [4.69, 9.17) is 10.5 Å². The minimum atomic E-state index is -1.13. The predicted octanol–water partition coefficient (Wildman–Crippen LogP) is 2.85. The van der Waals surface area contributed by atoms with Crippen LogP contribution in [0.15, 0.2) is 42.9 Å². The number of benzene rings is 1. The Morgan fingerprint density at radius 2 is 1.88 bits per heavy atom. The molecule has 2 aliphatic rings. The Hall–Kier alpha value is -3.25. The summed E-state index contributed by atoms with van der Waals surface area (Å²) < 4.78 is 7.80. The number of fused-ring (bicyclic) bond motifs is 1. The molecule has 11 heteroatoms. The van der Waals surface area contributed by atoms with Gasteiger partial charge in [0.15, 0.2) is 11.9 Å². The summed E-state index contributed by atoms with van der Waals surface area (Å²) in [4.78, 5) is 23.3. The number of ether oxygens (including phenoxy) is 1. The Labute approximate surface area is 234 Å². The molecule has 40 heavy (non-hydrogen) atoms. The number of nitrogen functional groups attached to an aromatic ring is 1. The lowest BCUT2D eigenvalue weighted by molar-refractivity contribution is -0.0445. The van der Waals surface area contributed by atoms with Gasteiger partial charge in [-0.3, -0.25) is 4.57 Å². The Balaban J connectivity index is 1.12. The van der Waals surface area contributed by atoms with E-state index in [1.54, 1.807) is 16.8 Å². The van der Waals surface area contributed by atoms with Gasteiger partial charge < -0.3 is 36.2 Å². The summed E-state index contributed by atoms with van der Waals surface area (Å²) in [5.74, 6) is 0.636. The van der Waals surface area contributed by atoms with Crippen molar-refractivity contribution in [3.63, 3.8) is 0 Å². The number of anilines is 2. The van der Waals surface area contributed by atoms with E-state index in [1.165, 1.54) is 24.7 Å². The number of hydrogen-bond acceptors (Lipinski definition) is 8. The van der Waals surface area contributed by atoms with Crippen molar-refractivity contribution in [2.45, 2.75) is 70.0 Å². The maximum absolute atomic E-state index is 12.4. The van der Waals surface area contributed by atoms with Crippen LogP contribution in [0.4, 0.5) is 16.2 Å². The van der Waals surface area contributed by atoms with Gasteiger partial charge in [0.05, 0.1) is 12.0 Å². The van der Waals surface area contributed by atoms with Gasteiger partial charge in [0.2, 0.25) is 0 Å². The molecule has 1 aliphatic carbocycles. The van der Waals surface area contributed by atoms with Gasteiger partial charge in [0, 0.05) is 31.5 Å². The first-order valence-corrected chi connectivity index (χ1v) is 14.1. The second kappa shape index (κ2) is 11.7. The number of imidazole rings is 1. The lowest BCUT2D eigenvalue weighted by atomic mass is 9.87. The van der Waals surface area contributed by atoms with Crippen LogP contribution in [0.1, 0.15) is 51.8 Å². The Morgan fingerprint density at radius 1 is 1.12 bits per heavy atom. The molecule has 0 radical (unpaired) electrons. The molecule has 3 aromatic rings.